The summed E-state index contributed by atoms with van der Waals surface area (Å²) < 4.78 is 0. The third-order valence-corrected chi connectivity index (χ3v) is 3.70. The van der Waals surface area contributed by atoms with Crippen molar-refractivity contribution in [3.05, 3.63) is 40.8 Å². The molecular weight excluding hydrogens is 292 g/mol. The van der Waals surface area contributed by atoms with Gasteiger partial charge in [0.25, 0.3) is 0 Å². The molecule has 4 nitrogen and oxygen atoms in total. The van der Waals surface area contributed by atoms with E-state index < -0.39 is 0 Å². The van der Waals surface area contributed by atoms with Gasteiger partial charge in [0.2, 0.25) is 0 Å². The van der Waals surface area contributed by atoms with Crippen molar-refractivity contribution in [2.45, 2.75) is 31.2 Å². The minimum Gasteiger partial charge on any atom is -0.384 e. The van der Waals surface area contributed by atoms with E-state index in [0.29, 0.717) is 27.8 Å². The van der Waals surface area contributed by atoms with Crippen LogP contribution in [-0.4, -0.2) is 15.0 Å². The molecule has 0 aliphatic carbocycles. The van der Waals surface area contributed by atoms with E-state index in [0.717, 1.165) is 12.1 Å². The van der Waals surface area contributed by atoms with Crippen LogP contribution in [0.15, 0.2) is 29.6 Å². The Labute approximate surface area is 128 Å². The largest absolute Gasteiger partial charge is 0.384 e. The number of nitrogens with two attached hydrogens (primary N) is 1. The highest BCUT2D eigenvalue weighted by Crippen LogP contribution is 2.23. The van der Waals surface area contributed by atoms with Crippen LogP contribution in [0.3, 0.4) is 0 Å². The lowest BCUT2D eigenvalue weighted by Crippen LogP contribution is -2.01. The second kappa shape index (κ2) is 6.90. The standard InChI is InChI=1S/C14H17ClN4S/c1-9(2)6-10-4-3-5-17-11(10)8-20-14-18-12(15)7-13(16)19-14/h3-5,7,9H,6,8H2,1-2H3,(H2,16,18,19). The maximum Gasteiger partial charge on any atom is 0.191 e. The van der Waals surface area contributed by atoms with Crippen molar-refractivity contribution < 1.29 is 0 Å². The van der Waals surface area contributed by atoms with Crippen molar-refractivity contribution in [2.75, 3.05) is 5.73 Å². The van der Waals surface area contributed by atoms with E-state index in [1.165, 1.54) is 23.4 Å². The van der Waals surface area contributed by atoms with Gasteiger partial charge >= 0.3 is 0 Å². The molecule has 0 aromatic carbocycles. The molecule has 0 fully saturated rings. The van der Waals surface area contributed by atoms with Crippen LogP contribution in [0.5, 0.6) is 0 Å². The molecule has 2 aromatic rings. The average molecular weight is 309 g/mol. The maximum absolute atomic E-state index is 5.87. The number of rotatable bonds is 5. The van der Waals surface area contributed by atoms with Gasteiger partial charge in [0, 0.05) is 18.0 Å². The number of hydrogen-bond acceptors (Lipinski definition) is 5. The van der Waals surface area contributed by atoms with Crippen LogP contribution in [0.1, 0.15) is 25.1 Å². The van der Waals surface area contributed by atoms with E-state index in [4.69, 9.17) is 17.3 Å². The molecule has 0 aliphatic rings. The first-order valence-corrected chi connectivity index (χ1v) is 7.76. The van der Waals surface area contributed by atoms with Gasteiger partial charge in [-0.2, -0.15) is 0 Å². The molecule has 6 heteroatoms. The lowest BCUT2D eigenvalue weighted by molar-refractivity contribution is 0.642. The maximum atomic E-state index is 5.87. The van der Waals surface area contributed by atoms with Gasteiger partial charge in [-0.05, 0) is 24.0 Å². The highest BCUT2D eigenvalue weighted by Gasteiger charge is 2.08. The third kappa shape index (κ3) is 4.35. The van der Waals surface area contributed by atoms with Gasteiger partial charge in [-0.15, -0.1) is 0 Å². The Morgan fingerprint density at radius 3 is 2.85 bits per heavy atom. The summed E-state index contributed by atoms with van der Waals surface area (Å²) in [5.41, 5.74) is 7.99. The molecule has 0 bridgehead atoms. The van der Waals surface area contributed by atoms with Gasteiger partial charge in [0.1, 0.15) is 11.0 Å². The number of nitrogens with zero attached hydrogens (tertiary/aromatic N) is 3. The molecule has 20 heavy (non-hydrogen) atoms. The van der Waals surface area contributed by atoms with Crippen LogP contribution in [0.4, 0.5) is 5.82 Å². The molecule has 0 aliphatic heterocycles. The molecule has 106 valence electrons. The lowest BCUT2D eigenvalue weighted by atomic mass is 10.0. The molecule has 2 aromatic heterocycles. The molecular formula is C14H17ClN4S. The molecule has 0 saturated carbocycles. The second-order valence-electron chi connectivity index (χ2n) is 4.89. The number of aromatic nitrogens is 3. The number of pyridine rings is 1. The van der Waals surface area contributed by atoms with Crippen LogP contribution in [0, 0.1) is 5.92 Å². The first-order chi connectivity index (χ1) is 9.54. The van der Waals surface area contributed by atoms with Crippen molar-refractivity contribution in [3.63, 3.8) is 0 Å². The average Bonchev–Trinajstić information content (AvgIpc) is 2.36. The van der Waals surface area contributed by atoms with E-state index in [2.05, 4.69) is 34.9 Å². The minimum atomic E-state index is 0.364. The summed E-state index contributed by atoms with van der Waals surface area (Å²) in [6, 6.07) is 5.63. The van der Waals surface area contributed by atoms with Gasteiger partial charge in [0.15, 0.2) is 5.16 Å². The van der Waals surface area contributed by atoms with E-state index in [9.17, 15) is 0 Å². The zero-order valence-electron chi connectivity index (χ0n) is 11.5. The summed E-state index contributed by atoms with van der Waals surface area (Å²) >= 11 is 7.37. The zero-order chi connectivity index (χ0) is 14.5. The number of hydrogen-bond donors (Lipinski definition) is 1. The van der Waals surface area contributed by atoms with Crippen LogP contribution in [0.25, 0.3) is 0 Å². The Kier molecular flexibility index (Phi) is 5.20. The minimum absolute atomic E-state index is 0.364. The quantitative estimate of drug-likeness (QED) is 0.519. The van der Waals surface area contributed by atoms with Crippen LogP contribution < -0.4 is 5.73 Å². The Bertz CT molecular complexity index is 569. The number of anilines is 1. The van der Waals surface area contributed by atoms with Crippen LogP contribution in [0.2, 0.25) is 5.15 Å². The van der Waals surface area contributed by atoms with Crippen molar-refractivity contribution in [1.82, 2.24) is 15.0 Å². The van der Waals surface area contributed by atoms with Crippen molar-refractivity contribution >= 4 is 29.2 Å². The van der Waals surface area contributed by atoms with E-state index in [-0.39, 0.29) is 0 Å². The van der Waals surface area contributed by atoms with Gasteiger partial charge in [-0.25, -0.2) is 9.97 Å². The summed E-state index contributed by atoms with van der Waals surface area (Å²) in [5, 5.41) is 0.944. The SMILES string of the molecule is CC(C)Cc1cccnc1CSc1nc(N)cc(Cl)n1. The van der Waals surface area contributed by atoms with Crippen LogP contribution in [-0.2, 0) is 12.2 Å². The highest BCUT2D eigenvalue weighted by atomic mass is 35.5. The van der Waals surface area contributed by atoms with Gasteiger partial charge in [-0.1, -0.05) is 43.3 Å². The molecule has 2 heterocycles. The fourth-order valence-electron chi connectivity index (χ4n) is 1.84. The second-order valence-corrected chi connectivity index (χ2v) is 6.22. The fraction of sp³-hybridized carbons (Fsp3) is 0.357. The normalized spacial score (nSPS) is 11.0. The summed E-state index contributed by atoms with van der Waals surface area (Å²) in [7, 11) is 0. The van der Waals surface area contributed by atoms with Gasteiger partial charge in [-0.3, -0.25) is 4.98 Å². The summed E-state index contributed by atoms with van der Waals surface area (Å²) in [6.07, 6.45) is 2.83. The van der Waals surface area contributed by atoms with E-state index >= 15 is 0 Å². The Morgan fingerprint density at radius 1 is 1.35 bits per heavy atom. The Balaban J connectivity index is 2.10. The number of halogens is 1. The fourth-order valence-corrected chi connectivity index (χ4v) is 2.94. The predicted octanol–water partition coefficient (Wildman–Crippen LogP) is 3.60. The molecule has 0 atom stereocenters. The van der Waals surface area contributed by atoms with Crippen molar-refractivity contribution in [1.29, 1.82) is 0 Å². The molecule has 0 unspecified atom stereocenters. The topological polar surface area (TPSA) is 64.7 Å². The zero-order valence-corrected chi connectivity index (χ0v) is 13.1. The molecule has 2 rings (SSSR count). The molecule has 2 N–H and O–H groups in total. The monoisotopic (exact) mass is 308 g/mol. The number of thioether (sulfide) groups is 1. The number of nitrogen functional groups attached to an aromatic ring is 1. The Hall–Kier alpha value is -1.33. The summed E-state index contributed by atoms with van der Waals surface area (Å²) in [6.45, 7) is 4.40. The molecule has 0 spiro atoms. The van der Waals surface area contributed by atoms with E-state index in [1.807, 2.05) is 12.3 Å². The Morgan fingerprint density at radius 2 is 2.15 bits per heavy atom. The van der Waals surface area contributed by atoms with Crippen molar-refractivity contribution in [2.24, 2.45) is 5.92 Å². The third-order valence-electron chi connectivity index (χ3n) is 2.64. The first-order valence-electron chi connectivity index (χ1n) is 6.40. The highest BCUT2D eigenvalue weighted by molar-refractivity contribution is 7.98. The molecule has 0 radical (unpaired) electrons. The van der Waals surface area contributed by atoms with E-state index in [1.54, 1.807) is 0 Å². The molecule has 0 saturated heterocycles. The van der Waals surface area contributed by atoms with Gasteiger partial charge < -0.3 is 5.73 Å². The first kappa shape index (κ1) is 15.1. The lowest BCUT2D eigenvalue weighted by Gasteiger charge is -2.10. The van der Waals surface area contributed by atoms with Gasteiger partial charge in [0.05, 0.1) is 5.69 Å². The summed E-state index contributed by atoms with van der Waals surface area (Å²) in [5.74, 6) is 1.69. The molecule has 0 amide bonds. The van der Waals surface area contributed by atoms with Crippen molar-refractivity contribution in [3.8, 4) is 0 Å². The predicted molar refractivity (Wildman–Crippen MR) is 83.8 cm³/mol. The smallest absolute Gasteiger partial charge is 0.191 e. The van der Waals surface area contributed by atoms with Crippen LogP contribution >= 0.6 is 23.4 Å². The summed E-state index contributed by atoms with van der Waals surface area (Å²) in [4.78, 5) is 12.8.